The number of morpholine rings is 1. The van der Waals surface area contributed by atoms with E-state index in [0.717, 1.165) is 35.1 Å². The van der Waals surface area contributed by atoms with Crippen molar-refractivity contribution in [1.82, 2.24) is 24.6 Å². The molecule has 1 fully saturated rings. The van der Waals surface area contributed by atoms with E-state index in [2.05, 4.69) is 26.0 Å². The van der Waals surface area contributed by atoms with Crippen molar-refractivity contribution in [1.29, 1.82) is 0 Å². The third kappa shape index (κ3) is 2.42. The second-order valence-corrected chi connectivity index (χ2v) is 6.19. The van der Waals surface area contributed by atoms with Gasteiger partial charge in [-0.05, 0) is 12.1 Å². The van der Waals surface area contributed by atoms with Gasteiger partial charge in [-0.3, -0.25) is 4.98 Å². The Morgan fingerprint density at radius 1 is 1.04 bits per heavy atom. The Morgan fingerprint density at radius 3 is 2.77 bits per heavy atom. The predicted molar refractivity (Wildman–Crippen MR) is 99.0 cm³/mol. The fourth-order valence-corrected chi connectivity index (χ4v) is 3.21. The SMILES string of the molecule is Nc1nc(N2CCOCC2)nc2c(-c3cnc4ccccc4c3)cnn12. The van der Waals surface area contributed by atoms with E-state index in [-0.39, 0.29) is 0 Å². The highest BCUT2D eigenvalue weighted by Gasteiger charge is 2.18. The van der Waals surface area contributed by atoms with Gasteiger partial charge in [0.15, 0.2) is 5.65 Å². The number of fused-ring (bicyclic) bond motifs is 2. The molecule has 0 aliphatic carbocycles. The molecule has 5 rings (SSSR count). The highest BCUT2D eigenvalue weighted by atomic mass is 16.5. The van der Waals surface area contributed by atoms with Crippen molar-refractivity contribution < 1.29 is 4.74 Å². The molecule has 1 aliphatic rings. The first-order valence-corrected chi connectivity index (χ1v) is 8.49. The summed E-state index contributed by atoms with van der Waals surface area (Å²) in [4.78, 5) is 15.8. The highest BCUT2D eigenvalue weighted by Crippen LogP contribution is 2.27. The minimum atomic E-state index is 0.316. The van der Waals surface area contributed by atoms with E-state index in [0.29, 0.717) is 30.8 Å². The molecule has 1 aliphatic heterocycles. The Morgan fingerprint density at radius 2 is 1.88 bits per heavy atom. The van der Waals surface area contributed by atoms with Gasteiger partial charge < -0.3 is 15.4 Å². The standard InChI is InChI=1S/C18H17N7O/c19-17-23-18(24-5-7-26-8-6-24)22-16-14(11-21-25(16)17)13-9-12-3-1-2-4-15(12)20-10-13/h1-4,9-11H,5-8H2,(H2,19,22,23). The fourth-order valence-electron chi connectivity index (χ4n) is 3.21. The van der Waals surface area contributed by atoms with Crippen molar-refractivity contribution in [2.24, 2.45) is 0 Å². The predicted octanol–water partition coefficient (Wildman–Crippen LogP) is 1.76. The van der Waals surface area contributed by atoms with Gasteiger partial charge in [0.2, 0.25) is 11.9 Å². The van der Waals surface area contributed by atoms with Crippen molar-refractivity contribution in [2.45, 2.75) is 0 Å². The molecule has 1 aromatic carbocycles. The van der Waals surface area contributed by atoms with Crippen LogP contribution >= 0.6 is 0 Å². The number of nitrogens with zero attached hydrogens (tertiary/aromatic N) is 6. The molecule has 1 saturated heterocycles. The van der Waals surface area contributed by atoms with Crippen LogP contribution in [-0.4, -0.2) is 50.9 Å². The van der Waals surface area contributed by atoms with Gasteiger partial charge in [-0.25, -0.2) is 0 Å². The molecule has 4 aromatic rings. The number of pyridine rings is 1. The molecule has 0 bridgehead atoms. The van der Waals surface area contributed by atoms with Gasteiger partial charge >= 0.3 is 0 Å². The average Bonchev–Trinajstić information content (AvgIpc) is 3.13. The number of hydrogen-bond donors (Lipinski definition) is 1. The van der Waals surface area contributed by atoms with E-state index in [1.165, 1.54) is 0 Å². The summed E-state index contributed by atoms with van der Waals surface area (Å²) in [6.07, 6.45) is 3.60. The van der Waals surface area contributed by atoms with Crippen LogP contribution in [-0.2, 0) is 4.74 Å². The number of rotatable bonds is 2. The highest BCUT2D eigenvalue weighted by molar-refractivity contribution is 5.87. The van der Waals surface area contributed by atoms with Crippen LogP contribution < -0.4 is 10.6 Å². The summed E-state index contributed by atoms with van der Waals surface area (Å²) >= 11 is 0. The number of aromatic nitrogens is 5. The van der Waals surface area contributed by atoms with Gasteiger partial charge in [-0.1, -0.05) is 18.2 Å². The van der Waals surface area contributed by atoms with Crippen molar-refractivity contribution in [3.8, 4) is 11.1 Å². The molecule has 0 radical (unpaired) electrons. The Hall–Kier alpha value is -3.26. The lowest BCUT2D eigenvalue weighted by Gasteiger charge is -2.26. The molecule has 8 nitrogen and oxygen atoms in total. The number of hydrogen-bond acceptors (Lipinski definition) is 7. The molecule has 0 spiro atoms. The van der Waals surface area contributed by atoms with E-state index in [1.54, 1.807) is 10.7 Å². The summed E-state index contributed by atoms with van der Waals surface area (Å²) in [6, 6.07) is 10.1. The van der Waals surface area contributed by atoms with Gasteiger partial charge in [0.05, 0.1) is 24.9 Å². The van der Waals surface area contributed by atoms with Crippen molar-refractivity contribution >= 4 is 28.4 Å². The molecule has 4 heterocycles. The Kier molecular flexibility index (Phi) is 3.42. The number of nitrogens with two attached hydrogens (primary N) is 1. The maximum absolute atomic E-state index is 6.12. The maximum Gasteiger partial charge on any atom is 0.230 e. The zero-order valence-corrected chi connectivity index (χ0v) is 14.0. The molecule has 8 heteroatoms. The minimum absolute atomic E-state index is 0.316. The summed E-state index contributed by atoms with van der Waals surface area (Å²) in [5.74, 6) is 0.922. The third-order valence-corrected chi connectivity index (χ3v) is 4.58. The molecule has 0 amide bonds. The molecule has 0 saturated carbocycles. The Balaban J connectivity index is 1.65. The molecule has 130 valence electrons. The summed E-state index contributed by atoms with van der Waals surface area (Å²) in [5, 5.41) is 5.43. The Labute approximate surface area is 149 Å². The largest absolute Gasteiger partial charge is 0.378 e. The van der Waals surface area contributed by atoms with Gasteiger partial charge in [0, 0.05) is 35.8 Å². The quantitative estimate of drug-likeness (QED) is 0.590. The molecular weight excluding hydrogens is 330 g/mol. The van der Waals surface area contributed by atoms with E-state index >= 15 is 0 Å². The molecule has 0 unspecified atom stereocenters. The lowest BCUT2D eigenvalue weighted by Crippen LogP contribution is -2.37. The first kappa shape index (κ1) is 15.0. The van der Waals surface area contributed by atoms with E-state index in [4.69, 9.17) is 15.5 Å². The van der Waals surface area contributed by atoms with Crippen molar-refractivity contribution in [2.75, 3.05) is 36.9 Å². The first-order chi connectivity index (χ1) is 12.8. The van der Waals surface area contributed by atoms with Crippen molar-refractivity contribution in [3.63, 3.8) is 0 Å². The Bertz CT molecular complexity index is 1100. The van der Waals surface area contributed by atoms with Crippen LogP contribution in [0.2, 0.25) is 0 Å². The van der Waals surface area contributed by atoms with E-state index < -0.39 is 0 Å². The second-order valence-electron chi connectivity index (χ2n) is 6.19. The number of anilines is 2. The topological polar surface area (TPSA) is 94.5 Å². The number of benzene rings is 1. The van der Waals surface area contributed by atoms with Gasteiger partial charge in [0.25, 0.3) is 0 Å². The number of ether oxygens (including phenoxy) is 1. The molecule has 3 aromatic heterocycles. The molecule has 2 N–H and O–H groups in total. The van der Waals surface area contributed by atoms with E-state index in [1.807, 2.05) is 30.5 Å². The van der Waals surface area contributed by atoms with Gasteiger partial charge in [-0.15, -0.1) is 0 Å². The number of para-hydroxylation sites is 1. The maximum atomic E-state index is 6.12. The second kappa shape index (κ2) is 5.92. The van der Waals surface area contributed by atoms with E-state index in [9.17, 15) is 0 Å². The van der Waals surface area contributed by atoms with Crippen LogP contribution in [0.4, 0.5) is 11.9 Å². The summed E-state index contributed by atoms with van der Waals surface area (Å²) < 4.78 is 6.97. The average molecular weight is 347 g/mol. The van der Waals surface area contributed by atoms with Crippen LogP contribution in [0.25, 0.3) is 27.7 Å². The zero-order valence-electron chi connectivity index (χ0n) is 14.0. The zero-order chi connectivity index (χ0) is 17.5. The third-order valence-electron chi connectivity index (χ3n) is 4.58. The van der Waals surface area contributed by atoms with Crippen molar-refractivity contribution in [3.05, 3.63) is 42.7 Å². The fraction of sp³-hybridized carbons (Fsp3) is 0.222. The lowest BCUT2D eigenvalue weighted by atomic mass is 10.1. The first-order valence-electron chi connectivity index (χ1n) is 8.49. The summed E-state index contributed by atoms with van der Waals surface area (Å²) in [7, 11) is 0. The monoisotopic (exact) mass is 347 g/mol. The van der Waals surface area contributed by atoms with Crippen LogP contribution in [0.1, 0.15) is 0 Å². The lowest BCUT2D eigenvalue weighted by molar-refractivity contribution is 0.122. The van der Waals surface area contributed by atoms with Gasteiger partial charge in [0.1, 0.15) is 0 Å². The summed E-state index contributed by atoms with van der Waals surface area (Å²) in [6.45, 7) is 2.82. The molecule has 26 heavy (non-hydrogen) atoms. The van der Waals surface area contributed by atoms with Gasteiger partial charge in [-0.2, -0.15) is 19.6 Å². The molecular formula is C18H17N7O. The number of nitrogen functional groups attached to an aromatic ring is 1. The van der Waals surface area contributed by atoms with Crippen LogP contribution in [0, 0.1) is 0 Å². The summed E-state index contributed by atoms with van der Waals surface area (Å²) in [5.41, 5.74) is 9.58. The van der Waals surface area contributed by atoms with Crippen LogP contribution in [0.3, 0.4) is 0 Å². The van der Waals surface area contributed by atoms with Crippen LogP contribution in [0.5, 0.6) is 0 Å². The normalized spacial score (nSPS) is 15.0. The minimum Gasteiger partial charge on any atom is -0.378 e. The molecule has 0 atom stereocenters. The smallest absolute Gasteiger partial charge is 0.230 e. The van der Waals surface area contributed by atoms with Crippen LogP contribution in [0.15, 0.2) is 42.7 Å².